The van der Waals surface area contributed by atoms with Gasteiger partial charge in [0, 0.05) is 36.0 Å². The number of nitrogens with zero attached hydrogens (tertiary/aromatic N) is 3. The van der Waals surface area contributed by atoms with E-state index in [1.54, 1.807) is 6.20 Å². The molecule has 2 atom stereocenters. The molecule has 4 nitrogen and oxygen atoms in total. The largest absolute Gasteiger partial charge is 0.378 e. The fourth-order valence-corrected chi connectivity index (χ4v) is 3.48. The molecule has 3 aromatic rings. The van der Waals surface area contributed by atoms with Gasteiger partial charge >= 0.3 is 0 Å². The molecule has 0 amide bonds. The molecular weight excluding hydrogens is 336 g/mol. The Kier molecular flexibility index (Phi) is 4.36. The maximum Gasteiger partial charge on any atom is 0.135 e. The number of hydrogen-bond acceptors (Lipinski definition) is 4. The van der Waals surface area contributed by atoms with Crippen LogP contribution in [0.15, 0.2) is 30.5 Å². The van der Waals surface area contributed by atoms with Crippen LogP contribution in [-0.4, -0.2) is 27.7 Å². The minimum Gasteiger partial charge on any atom is -0.378 e. The lowest BCUT2D eigenvalue weighted by Crippen LogP contribution is -2.22. The average molecular weight is 355 g/mol. The van der Waals surface area contributed by atoms with Gasteiger partial charge in [-0.05, 0) is 44.9 Å². The molecule has 1 aliphatic heterocycles. The number of hydrogen-bond donors (Lipinski definition) is 0. The second-order valence-corrected chi connectivity index (χ2v) is 6.80. The van der Waals surface area contributed by atoms with E-state index >= 15 is 0 Å². The number of ether oxygens (including phenoxy) is 1. The fraction of sp³-hybridized carbons (Fsp3) is 0.350. The topological polar surface area (TPSA) is 47.9 Å². The summed E-state index contributed by atoms with van der Waals surface area (Å²) in [6.07, 6.45) is 3.49. The second-order valence-electron chi connectivity index (χ2n) is 6.80. The molecule has 4 rings (SSSR count). The van der Waals surface area contributed by atoms with E-state index in [9.17, 15) is 8.78 Å². The maximum atomic E-state index is 14.4. The lowest BCUT2D eigenvalue weighted by Gasteiger charge is -2.27. The predicted molar refractivity (Wildman–Crippen MR) is 94.8 cm³/mol. The Morgan fingerprint density at radius 2 is 2.00 bits per heavy atom. The standard InChI is InChI=1S/C20H19F2N3O/c1-11-10-23-20-18(24-11)9-17(13-5-6-26-12(2)7-13)25-19(20)15-4-3-14(21)8-16(15)22/h3-4,8-10,12-13H,5-7H2,1-2H3/t12-,13-/m1/s1. The first-order valence-corrected chi connectivity index (χ1v) is 8.72. The normalized spacial score (nSPS) is 20.5. The van der Waals surface area contributed by atoms with Gasteiger partial charge in [-0.15, -0.1) is 0 Å². The molecule has 0 N–H and O–H groups in total. The first-order valence-electron chi connectivity index (χ1n) is 8.72. The molecule has 6 heteroatoms. The van der Waals surface area contributed by atoms with Gasteiger partial charge in [0.1, 0.15) is 22.8 Å². The van der Waals surface area contributed by atoms with Crippen LogP contribution in [0.3, 0.4) is 0 Å². The predicted octanol–water partition coefficient (Wildman–Crippen LogP) is 4.56. The van der Waals surface area contributed by atoms with Gasteiger partial charge in [0.15, 0.2) is 0 Å². The molecule has 2 aromatic heterocycles. The molecule has 0 saturated carbocycles. The van der Waals surface area contributed by atoms with Crippen molar-refractivity contribution in [3.8, 4) is 11.3 Å². The van der Waals surface area contributed by atoms with E-state index < -0.39 is 11.6 Å². The fourth-order valence-electron chi connectivity index (χ4n) is 3.48. The molecule has 1 saturated heterocycles. The average Bonchev–Trinajstić information content (AvgIpc) is 2.60. The van der Waals surface area contributed by atoms with Crippen molar-refractivity contribution < 1.29 is 13.5 Å². The molecule has 26 heavy (non-hydrogen) atoms. The highest BCUT2D eigenvalue weighted by atomic mass is 19.1. The van der Waals surface area contributed by atoms with Crippen LogP contribution in [0.2, 0.25) is 0 Å². The molecule has 1 fully saturated rings. The van der Waals surface area contributed by atoms with Crippen LogP contribution in [0.4, 0.5) is 8.78 Å². The molecule has 0 spiro atoms. The number of pyridine rings is 1. The Morgan fingerprint density at radius 3 is 2.77 bits per heavy atom. The number of rotatable bonds is 2. The molecular formula is C20H19F2N3O. The highest BCUT2D eigenvalue weighted by molar-refractivity contribution is 5.89. The molecule has 0 bridgehead atoms. The van der Waals surface area contributed by atoms with Gasteiger partial charge in [-0.3, -0.25) is 4.98 Å². The van der Waals surface area contributed by atoms with Crippen LogP contribution in [-0.2, 0) is 4.74 Å². The SMILES string of the molecule is Cc1cnc2c(-c3ccc(F)cc3F)nc([C@@H]3CCO[C@H](C)C3)cc2n1. The van der Waals surface area contributed by atoms with Gasteiger partial charge in [0.05, 0.1) is 17.3 Å². The van der Waals surface area contributed by atoms with E-state index in [0.29, 0.717) is 23.3 Å². The molecule has 0 radical (unpaired) electrons. The number of aryl methyl sites for hydroxylation is 1. The zero-order valence-electron chi connectivity index (χ0n) is 14.7. The lowest BCUT2D eigenvalue weighted by atomic mass is 9.92. The lowest BCUT2D eigenvalue weighted by molar-refractivity contribution is 0.0180. The zero-order chi connectivity index (χ0) is 18.3. The summed E-state index contributed by atoms with van der Waals surface area (Å²) in [6.45, 7) is 4.57. The third-order valence-electron chi connectivity index (χ3n) is 4.76. The van der Waals surface area contributed by atoms with Gasteiger partial charge in [0.25, 0.3) is 0 Å². The van der Waals surface area contributed by atoms with Gasteiger partial charge < -0.3 is 4.74 Å². The van der Waals surface area contributed by atoms with E-state index in [2.05, 4.69) is 9.97 Å². The third kappa shape index (κ3) is 3.17. The van der Waals surface area contributed by atoms with Crippen molar-refractivity contribution in [2.45, 2.75) is 38.7 Å². The van der Waals surface area contributed by atoms with Crippen molar-refractivity contribution in [1.82, 2.24) is 15.0 Å². The molecule has 0 aliphatic carbocycles. The van der Waals surface area contributed by atoms with E-state index in [4.69, 9.17) is 9.72 Å². The zero-order valence-corrected chi connectivity index (χ0v) is 14.7. The molecule has 1 aliphatic rings. The van der Waals surface area contributed by atoms with E-state index in [-0.39, 0.29) is 17.6 Å². The van der Waals surface area contributed by atoms with Crippen LogP contribution in [0.5, 0.6) is 0 Å². The highest BCUT2D eigenvalue weighted by Crippen LogP contribution is 2.34. The minimum absolute atomic E-state index is 0.154. The van der Waals surface area contributed by atoms with Crippen molar-refractivity contribution in [2.24, 2.45) is 0 Å². The van der Waals surface area contributed by atoms with Crippen molar-refractivity contribution >= 4 is 11.0 Å². The van der Waals surface area contributed by atoms with Crippen molar-refractivity contribution in [2.75, 3.05) is 6.61 Å². The Labute approximate surface area is 150 Å². The monoisotopic (exact) mass is 355 g/mol. The Bertz CT molecular complexity index is 977. The summed E-state index contributed by atoms with van der Waals surface area (Å²) >= 11 is 0. The van der Waals surface area contributed by atoms with Crippen LogP contribution in [0, 0.1) is 18.6 Å². The Balaban J connectivity index is 1.92. The number of benzene rings is 1. The van der Waals surface area contributed by atoms with Crippen molar-refractivity contribution in [1.29, 1.82) is 0 Å². The van der Waals surface area contributed by atoms with Crippen LogP contribution in [0.25, 0.3) is 22.3 Å². The van der Waals surface area contributed by atoms with Crippen molar-refractivity contribution in [3.05, 3.63) is 53.5 Å². The summed E-state index contributed by atoms with van der Waals surface area (Å²) in [5, 5.41) is 0. The van der Waals surface area contributed by atoms with E-state index in [1.807, 2.05) is 19.9 Å². The number of aromatic nitrogens is 3. The van der Waals surface area contributed by atoms with Gasteiger partial charge in [-0.1, -0.05) is 0 Å². The van der Waals surface area contributed by atoms with Crippen LogP contribution in [0.1, 0.15) is 37.1 Å². The summed E-state index contributed by atoms with van der Waals surface area (Å²) in [5.74, 6) is -1.06. The van der Waals surface area contributed by atoms with Gasteiger partial charge in [0.2, 0.25) is 0 Å². The number of fused-ring (bicyclic) bond motifs is 1. The smallest absolute Gasteiger partial charge is 0.135 e. The quantitative estimate of drug-likeness (QED) is 0.676. The summed E-state index contributed by atoms with van der Waals surface area (Å²) < 4.78 is 33.4. The highest BCUT2D eigenvalue weighted by Gasteiger charge is 2.24. The molecule has 1 aromatic carbocycles. The van der Waals surface area contributed by atoms with E-state index in [0.717, 1.165) is 30.3 Å². The van der Waals surface area contributed by atoms with Crippen LogP contribution < -0.4 is 0 Å². The Hall–Kier alpha value is -2.47. The molecule has 134 valence electrons. The van der Waals surface area contributed by atoms with Gasteiger partial charge in [-0.2, -0.15) is 0 Å². The minimum atomic E-state index is -0.654. The first kappa shape index (κ1) is 17.0. The first-order chi connectivity index (χ1) is 12.5. The summed E-state index contributed by atoms with van der Waals surface area (Å²) in [4.78, 5) is 13.7. The molecule has 0 unspecified atom stereocenters. The van der Waals surface area contributed by atoms with Gasteiger partial charge in [-0.25, -0.2) is 18.7 Å². The second kappa shape index (κ2) is 6.68. The van der Waals surface area contributed by atoms with Crippen LogP contribution >= 0.6 is 0 Å². The summed E-state index contributed by atoms with van der Waals surface area (Å²) in [7, 11) is 0. The van der Waals surface area contributed by atoms with Crippen molar-refractivity contribution in [3.63, 3.8) is 0 Å². The Morgan fingerprint density at radius 1 is 1.15 bits per heavy atom. The molecule has 3 heterocycles. The summed E-state index contributed by atoms with van der Waals surface area (Å²) in [6, 6.07) is 5.44. The maximum absolute atomic E-state index is 14.4. The van der Waals surface area contributed by atoms with E-state index in [1.165, 1.54) is 12.1 Å². The number of halogens is 2. The summed E-state index contributed by atoms with van der Waals surface area (Å²) in [5.41, 5.74) is 3.46. The third-order valence-corrected chi connectivity index (χ3v) is 4.76.